The predicted octanol–water partition coefficient (Wildman–Crippen LogP) is 3.71. The predicted molar refractivity (Wildman–Crippen MR) is 95.8 cm³/mol. The third kappa shape index (κ3) is 5.00. The summed E-state index contributed by atoms with van der Waals surface area (Å²) in [6, 6.07) is 4.42. The lowest BCUT2D eigenvalue weighted by Gasteiger charge is -2.23. The van der Waals surface area contributed by atoms with Crippen LogP contribution in [0.1, 0.15) is 38.7 Å². The van der Waals surface area contributed by atoms with E-state index in [1.165, 1.54) is 19.4 Å². The van der Waals surface area contributed by atoms with E-state index in [2.05, 4.69) is 24.1 Å². The van der Waals surface area contributed by atoms with Gasteiger partial charge in [0, 0.05) is 35.8 Å². The topological polar surface area (TPSA) is 33.7 Å². The third-order valence-corrected chi connectivity index (χ3v) is 4.59. The monoisotopic (exact) mass is 340 g/mol. The van der Waals surface area contributed by atoms with Crippen LogP contribution in [0, 0.1) is 0 Å². The minimum absolute atomic E-state index is 0.640. The highest BCUT2D eigenvalue weighted by Gasteiger charge is 2.22. The Hall–Kier alpha value is -0.970. The first-order valence-electron chi connectivity index (χ1n) is 8.63. The number of methoxy groups -OCH3 is 1. The first-order valence-corrected chi connectivity index (χ1v) is 9.01. The Kier molecular flexibility index (Phi) is 7.47. The second kappa shape index (κ2) is 9.36. The molecule has 1 fully saturated rings. The molecule has 130 valence electrons. The summed E-state index contributed by atoms with van der Waals surface area (Å²) in [6.07, 6.45) is 3.54. The number of likely N-dealkylation sites (N-methyl/N-ethyl adjacent to an activating group) is 1. The summed E-state index contributed by atoms with van der Waals surface area (Å²) < 4.78 is 11.3. The van der Waals surface area contributed by atoms with E-state index in [1.807, 2.05) is 12.1 Å². The number of hydrogen-bond acceptors (Lipinski definition) is 4. The molecule has 1 N–H and O–H groups in total. The van der Waals surface area contributed by atoms with Gasteiger partial charge in [0.15, 0.2) is 11.5 Å². The van der Waals surface area contributed by atoms with Gasteiger partial charge in [0.2, 0.25) is 0 Å². The van der Waals surface area contributed by atoms with E-state index >= 15 is 0 Å². The molecule has 0 unspecified atom stereocenters. The largest absolute Gasteiger partial charge is 0.493 e. The molecule has 1 saturated heterocycles. The van der Waals surface area contributed by atoms with E-state index < -0.39 is 0 Å². The van der Waals surface area contributed by atoms with Gasteiger partial charge in [0.05, 0.1) is 13.7 Å². The quantitative estimate of drug-likeness (QED) is 0.743. The van der Waals surface area contributed by atoms with Crippen LogP contribution in [0.2, 0.25) is 5.02 Å². The van der Waals surface area contributed by atoms with Crippen LogP contribution in [0.4, 0.5) is 0 Å². The summed E-state index contributed by atoms with van der Waals surface area (Å²) in [7, 11) is 1.65. The summed E-state index contributed by atoms with van der Waals surface area (Å²) in [5.41, 5.74) is 1.06. The normalized spacial score (nSPS) is 18.3. The molecule has 23 heavy (non-hydrogen) atoms. The highest BCUT2D eigenvalue weighted by atomic mass is 35.5. The minimum atomic E-state index is 0.640. The average molecular weight is 341 g/mol. The van der Waals surface area contributed by atoms with Crippen molar-refractivity contribution in [2.75, 3.05) is 33.4 Å². The molecule has 1 aliphatic rings. The molecule has 4 nitrogen and oxygen atoms in total. The van der Waals surface area contributed by atoms with Crippen LogP contribution in [0.15, 0.2) is 12.1 Å². The maximum Gasteiger partial charge on any atom is 0.165 e. The molecule has 1 aliphatic heterocycles. The zero-order valence-corrected chi connectivity index (χ0v) is 15.3. The molecule has 0 amide bonds. The zero-order valence-electron chi connectivity index (χ0n) is 14.5. The fraction of sp³-hybridized carbons (Fsp3) is 0.667. The van der Waals surface area contributed by atoms with Crippen molar-refractivity contribution in [2.24, 2.45) is 0 Å². The minimum Gasteiger partial charge on any atom is -0.493 e. The number of benzene rings is 1. The number of halogens is 1. The van der Waals surface area contributed by atoms with Crippen molar-refractivity contribution in [2.45, 2.75) is 45.7 Å². The molecule has 2 rings (SSSR count). The Morgan fingerprint density at radius 1 is 1.35 bits per heavy atom. The van der Waals surface area contributed by atoms with Crippen LogP contribution < -0.4 is 14.8 Å². The lowest BCUT2D eigenvalue weighted by molar-refractivity contribution is 0.258. The van der Waals surface area contributed by atoms with Gasteiger partial charge < -0.3 is 14.8 Å². The van der Waals surface area contributed by atoms with Gasteiger partial charge in [-0.15, -0.1) is 0 Å². The highest BCUT2D eigenvalue weighted by Crippen LogP contribution is 2.35. The SMILES string of the molecule is CCCOc1c(CNC[C@@H]2CCCN2CC)cc(Cl)cc1OC. The maximum absolute atomic E-state index is 6.21. The lowest BCUT2D eigenvalue weighted by Crippen LogP contribution is -2.37. The Morgan fingerprint density at radius 2 is 2.17 bits per heavy atom. The molecule has 0 aliphatic carbocycles. The summed E-state index contributed by atoms with van der Waals surface area (Å²) >= 11 is 6.21. The summed E-state index contributed by atoms with van der Waals surface area (Å²) in [6.45, 7) is 9.09. The van der Waals surface area contributed by atoms with E-state index in [4.69, 9.17) is 21.1 Å². The molecule has 0 radical (unpaired) electrons. The van der Waals surface area contributed by atoms with Crippen LogP contribution in [-0.4, -0.2) is 44.3 Å². The molecular formula is C18H29ClN2O2. The van der Waals surface area contributed by atoms with Gasteiger partial charge in [-0.1, -0.05) is 25.4 Å². The number of nitrogens with zero attached hydrogens (tertiary/aromatic N) is 1. The molecule has 1 aromatic carbocycles. The fourth-order valence-electron chi connectivity index (χ4n) is 3.19. The van der Waals surface area contributed by atoms with Gasteiger partial charge in [-0.3, -0.25) is 4.90 Å². The number of likely N-dealkylation sites (tertiary alicyclic amines) is 1. The lowest BCUT2D eigenvalue weighted by atomic mass is 10.1. The number of hydrogen-bond donors (Lipinski definition) is 1. The molecule has 1 heterocycles. The number of nitrogens with one attached hydrogen (secondary N) is 1. The molecule has 0 bridgehead atoms. The Bertz CT molecular complexity index is 496. The van der Waals surface area contributed by atoms with Crippen LogP contribution >= 0.6 is 11.6 Å². The van der Waals surface area contributed by atoms with Crippen LogP contribution in [0.3, 0.4) is 0 Å². The number of rotatable bonds is 9. The van der Waals surface area contributed by atoms with Gasteiger partial charge in [-0.2, -0.15) is 0 Å². The number of ether oxygens (including phenoxy) is 2. The van der Waals surface area contributed by atoms with E-state index in [9.17, 15) is 0 Å². The van der Waals surface area contributed by atoms with Crippen molar-refractivity contribution in [1.82, 2.24) is 10.2 Å². The molecule has 5 heteroatoms. The van der Waals surface area contributed by atoms with Crippen molar-refractivity contribution in [3.8, 4) is 11.5 Å². The fourth-order valence-corrected chi connectivity index (χ4v) is 3.42. The van der Waals surface area contributed by atoms with Gasteiger partial charge >= 0.3 is 0 Å². The molecule has 1 aromatic rings. The van der Waals surface area contributed by atoms with E-state index in [0.717, 1.165) is 37.4 Å². The van der Waals surface area contributed by atoms with Gasteiger partial charge in [-0.05, 0) is 38.4 Å². The van der Waals surface area contributed by atoms with Crippen LogP contribution in [0.5, 0.6) is 11.5 Å². The van der Waals surface area contributed by atoms with Crippen LogP contribution in [-0.2, 0) is 6.54 Å². The second-order valence-corrected chi connectivity index (χ2v) is 6.44. The standard InChI is InChI=1S/C18H29ClN2O2/c1-4-9-23-18-14(10-15(19)11-17(18)22-3)12-20-13-16-7-6-8-21(16)5-2/h10-11,16,20H,4-9,12-13H2,1-3H3/t16-/m0/s1. The molecular weight excluding hydrogens is 312 g/mol. The summed E-state index contributed by atoms with van der Waals surface area (Å²) in [4.78, 5) is 2.54. The zero-order chi connectivity index (χ0) is 16.7. The van der Waals surface area contributed by atoms with Crippen molar-refractivity contribution in [3.63, 3.8) is 0 Å². The first-order chi connectivity index (χ1) is 11.2. The van der Waals surface area contributed by atoms with E-state index in [-0.39, 0.29) is 0 Å². The first kappa shape index (κ1) is 18.4. The Labute approximate surface area is 145 Å². The smallest absolute Gasteiger partial charge is 0.165 e. The Balaban J connectivity index is 2.01. The molecule has 1 atom stereocenters. The van der Waals surface area contributed by atoms with Gasteiger partial charge in [0.1, 0.15) is 0 Å². The molecule has 0 saturated carbocycles. The second-order valence-electron chi connectivity index (χ2n) is 6.00. The third-order valence-electron chi connectivity index (χ3n) is 4.37. The van der Waals surface area contributed by atoms with Crippen LogP contribution in [0.25, 0.3) is 0 Å². The van der Waals surface area contributed by atoms with Crippen molar-refractivity contribution < 1.29 is 9.47 Å². The Morgan fingerprint density at radius 3 is 2.87 bits per heavy atom. The average Bonchev–Trinajstić information content (AvgIpc) is 3.01. The van der Waals surface area contributed by atoms with Gasteiger partial charge in [0.25, 0.3) is 0 Å². The highest BCUT2D eigenvalue weighted by molar-refractivity contribution is 6.30. The summed E-state index contributed by atoms with van der Waals surface area (Å²) in [5, 5.41) is 4.25. The maximum atomic E-state index is 6.21. The van der Waals surface area contributed by atoms with Crippen molar-refractivity contribution in [1.29, 1.82) is 0 Å². The van der Waals surface area contributed by atoms with Crippen molar-refractivity contribution in [3.05, 3.63) is 22.7 Å². The van der Waals surface area contributed by atoms with E-state index in [0.29, 0.717) is 23.4 Å². The van der Waals surface area contributed by atoms with Crippen molar-refractivity contribution >= 4 is 11.6 Å². The van der Waals surface area contributed by atoms with E-state index in [1.54, 1.807) is 7.11 Å². The van der Waals surface area contributed by atoms with Gasteiger partial charge in [-0.25, -0.2) is 0 Å². The molecule has 0 spiro atoms. The summed E-state index contributed by atoms with van der Waals surface area (Å²) in [5.74, 6) is 1.52. The molecule has 0 aromatic heterocycles.